The van der Waals surface area contributed by atoms with Gasteiger partial charge in [-0.3, -0.25) is 19.1 Å². The highest BCUT2D eigenvalue weighted by atomic mass is 32.2. The number of imide groups is 1. The molecule has 4 heterocycles. The number of benzene rings is 1. The largest absolute Gasteiger partial charge is 0.336 e. The normalized spacial score (nSPS) is 13.7. The van der Waals surface area contributed by atoms with E-state index in [2.05, 4.69) is 5.32 Å². The molecule has 0 saturated carbocycles. The minimum atomic E-state index is -0.381. The lowest BCUT2D eigenvalue weighted by molar-refractivity contribution is -0.124. The van der Waals surface area contributed by atoms with Crippen LogP contribution in [-0.2, 0) is 4.79 Å². The maximum atomic E-state index is 13.6. The predicted molar refractivity (Wildman–Crippen MR) is 124 cm³/mol. The number of rotatable bonds is 5. The molecule has 1 aliphatic rings. The highest BCUT2D eigenvalue weighted by molar-refractivity contribution is 7.99. The van der Waals surface area contributed by atoms with Gasteiger partial charge in [0.05, 0.1) is 16.8 Å². The molecule has 1 saturated heterocycles. The van der Waals surface area contributed by atoms with Crippen LogP contribution < -0.4 is 10.9 Å². The van der Waals surface area contributed by atoms with E-state index in [4.69, 9.17) is 4.98 Å². The summed E-state index contributed by atoms with van der Waals surface area (Å²) in [6.07, 6.45) is 0. The molecule has 10 heteroatoms. The van der Waals surface area contributed by atoms with Gasteiger partial charge in [-0.25, -0.2) is 9.78 Å². The summed E-state index contributed by atoms with van der Waals surface area (Å²) in [6.45, 7) is 0.806. The number of carbonyl (C=O) groups excluding carboxylic acids is 2. The third-order valence-corrected chi connectivity index (χ3v) is 7.56. The van der Waals surface area contributed by atoms with Crippen molar-refractivity contribution in [2.75, 3.05) is 18.8 Å². The first-order valence-corrected chi connectivity index (χ1v) is 12.2. The van der Waals surface area contributed by atoms with Gasteiger partial charge in [-0.2, -0.15) is 0 Å². The van der Waals surface area contributed by atoms with Crippen LogP contribution >= 0.6 is 34.4 Å². The Kier molecular flexibility index (Phi) is 5.34. The molecule has 4 aromatic rings. The fraction of sp³-hybridized carbons (Fsp3) is 0.143. The summed E-state index contributed by atoms with van der Waals surface area (Å²) in [5.41, 5.74) is 1.38. The second kappa shape index (κ2) is 8.29. The highest BCUT2D eigenvalue weighted by Crippen LogP contribution is 2.35. The molecule has 0 bridgehead atoms. The van der Waals surface area contributed by atoms with Gasteiger partial charge in [-0.15, -0.1) is 22.7 Å². The number of carbonyl (C=O) groups is 2. The van der Waals surface area contributed by atoms with Crippen molar-refractivity contribution >= 4 is 56.6 Å². The van der Waals surface area contributed by atoms with Crippen LogP contribution in [0.4, 0.5) is 4.79 Å². The maximum Gasteiger partial charge on any atom is 0.324 e. The molecule has 1 aliphatic heterocycles. The first kappa shape index (κ1) is 20.0. The zero-order valence-corrected chi connectivity index (χ0v) is 18.6. The van der Waals surface area contributed by atoms with E-state index < -0.39 is 0 Å². The second-order valence-corrected chi connectivity index (χ2v) is 9.49. The Morgan fingerprint density at radius 3 is 2.68 bits per heavy atom. The minimum Gasteiger partial charge on any atom is -0.336 e. The van der Waals surface area contributed by atoms with E-state index in [-0.39, 0.29) is 23.3 Å². The quantitative estimate of drug-likeness (QED) is 0.356. The number of hydrogen-bond acceptors (Lipinski definition) is 7. The van der Waals surface area contributed by atoms with E-state index in [0.717, 1.165) is 22.2 Å². The van der Waals surface area contributed by atoms with Crippen LogP contribution in [0.3, 0.4) is 0 Å². The summed E-state index contributed by atoms with van der Waals surface area (Å²) in [6, 6.07) is 12.8. The predicted octanol–water partition coefficient (Wildman–Crippen LogP) is 3.82. The molecule has 3 amide bonds. The Balaban J connectivity index is 1.59. The summed E-state index contributed by atoms with van der Waals surface area (Å²) in [5.74, 6) is -0.291. The average molecular weight is 469 g/mol. The molecule has 156 valence electrons. The van der Waals surface area contributed by atoms with Crippen molar-refractivity contribution in [2.24, 2.45) is 0 Å². The average Bonchev–Trinajstić information content (AvgIpc) is 3.53. The van der Waals surface area contributed by atoms with Crippen LogP contribution in [0.15, 0.2) is 63.2 Å². The molecule has 5 rings (SSSR count). The molecule has 0 unspecified atom stereocenters. The van der Waals surface area contributed by atoms with Gasteiger partial charge in [0.2, 0.25) is 5.91 Å². The molecular formula is C21H16N4O3S3. The van der Waals surface area contributed by atoms with Crippen LogP contribution in [0.25, 0.3) is 26.3 Å². The number of thioether (sulfide) groups is 1. The van der Waals surface area contributed by atoms with Crippen molar-refractivity contribution in [2.45, 2.75) is 5.16 Å². The zero-order valence-electron chi connectivity index (χ0n) is 16.1. The molecule has 31 heavy (non-hydrogen) atoms. The van der Waals surface area contributed by atoms with Crippen LogP contribution in [0.5, 0.6) is 0 Å². The first-order valence-electron chi connectivity index (χ1n) is 9.48. The number of hydrogen-bond donors (Lipinski definition) is 1. The smallest absolute Gasteiger partial charge is 0.324 e. The van der Waals surface area contributed by atoms with Crippen molar-refractivity contribution in [3.8, 4) is 16.1 Å². The molecule has 1 fully saturated rings. The van der Waals surface area contributed by atoms with E-state index in [1.165, 1.54) is 16.2 Å². The lowest BCUT2D eigenvalue weighted by Gasteiger charge is -2.14. The topological polar surface area (TPSA) is 84.3 Å². The second-order valence-electron chi connectivity index (χ2n) is 6.74. The van der Waals surface area contributed by atoms with Crippen LogP contribution in [0, 0.1) is 0 Å². The van der Waals surface area contributed by atoms with Gasteiger partial charge < -0.3 is 5.32 Å². The van der Waals surface area contributed by atoms with Gasteiger partial charge in [-0.1, -0.05) is 36.0 Å². The SMILES string of the molecule is O=C(CSc1nc2scc(-c3cccs3)c2c(=O)n1-c1ccccc1)N1CCNC1=O. The van der Waals surface area contributed by atoms with Crippen LogP contribution in [0.1, 0.15) is 0 Å². The summed E-state index contributed by atoms with van der Waals surface area (Å²) >= 11 is 4.15. The van der Waals surface area contributed by atoms with Crippen molar-refractivity contribution in [3.05, 3.63) is 63.6 Å². The molecule has 3 aromatic heterocycles. The maximum absolute atomic E-state index is 13.6. The Labute approximate surface area is 189 Å². The van der Waals surface area contributed by atoms with Crippen LogP contribution in [0.2, 0.25) is 0 Å². The van der Waals surface area contributed by atoms with Crippen molar-refractivity contribution < 1.29 is 9.59 Å². The molecule has 0 aliphatic carbocycles. The van der Waals surface area contributed by atoms with Crippen LogP contribution in [-0.4, -0.2) is 45.2 Å². The summed E-state index contributed by atoms with van der Waals surface area (Å²) in [7, 11) is 0. The number of thiophene rings is 2. The van der Waals surface area contributed by atoms with E-state index >= 15 is 0 Å². The van der Waals surface area contributed by atoms with Gasteiger partial charge in [0, 0.05) is 28.9 Å². The van der Waals surface area contributed by atoms with E-state index in [1.807, 2.05) is 53.2 Å². The van der Waals surface area contributed by atoms with Crippen molar-refractivity contribution in [1.82, 2.24) is 19.8 Å². The fourth-order valence-electron chi connectivity index (χ4n) is 3.40. The number of nitrogens with one attached hydrogen (secondary N) is 1. The summed E-state index contributed by atoms with van der Waals surface area (Å²) < 4.78 is 1.55. The Hall–Kier alpha value is -2.95. The third kappa shape index (κ3) is 3.67. The first-order chi connectivity index (χ1) is 15.1. The fourth-order valence-corrected chi connectivity index (χ4v) is 6.09. The highest BCUT2D eigenvalue weighted by Gasteiger charge is 2.27. The standard InChI is InChI=1S/C21H16N4O3S3/c26-16(24-9-8-22-20(24)28)12-31-21-23-18-17(14(11-30-18)15-7-4-10-29-15)19(27)25(21)13-5-2-1-3-6-13/h1-7,10-11H,8-9,12H2,(H,22,28). The minimum absolute atomic E-state index is 0.0152. The Bertz CT molecular complexity index is 1330. The Morgan fingerprint density at radius 1 is 1.13 bits per heavy atom. The number of aromatic nitrogens is 2. The van der Waals surface area contributed by atoms with Gasteiger partial charge in [0.1, 0.15) is 4.83 Å². The number of urea groups is 1. The third-order valence-electron chi connectivity index (χ3n) is 4.86. The number of para-hydroxylation sites is 1. The number of amides is 3. The molecule has 0 radical (unpaired) electrons. The lowest BCUT2D eigenvalue weighted by Crippen LogP contribution is -2.35. The van der Waals surface area contributed by atoms with Crippen molar-refractivity contribution in [3.63, 3.8) is 0 Å². The van der Waals surface area contributed by atoms with Gasteiger partial charge in [0.15, 0.2) is 5.16 Å². The van der Waals surface area contributed by atoms with E-state index in [9.17, 15) is 14.4 Å². The summed E-state index contributed by atoms with van der Waals surface area (Å²) in [4.78, 5) is 45.5. The Morgan fingerprint density at radius 2 is 1.97 bits per heavy atom. The molecule has 7 nitrogen and oxygen atoms in total. The number of nitrogens with zero attached hydrogens (tertiary/aromatic N) is 3. The van der Waals surface area contributed by atoms with Gasteiger partial charge in [0.25, 0.3) is 5.56 Å². The van der Waals surface area contributed by atoms with Crippen molar-refractivity contribution in [1.29, 1.82) is 0 Å². The molecule has 0 atom stereocenters. The molecular weight excluding hydrogens is 452 g/mol. The summed E-state index contributed by atoms with van der Waals surface area (Å²) in [5, 5.41) is 7.56. The monoisotopic (exact) mass is 468 g/mol. The zero-order chi connectivity index (χ0) is 21.4. The van der Waals surface area contributed by atoms with E-state index in [0.29, 0.717) is 34.1 Å². The molecule has 0 spiro atoms. The van der Waals surface area contributed by atoms with Gasteiger partial charge >= 0.3 is 6.03 Å². The van der Waals surface area contributed by atoms with E-state index in [1.54, 1.807) is 15.9 Å². The lowest BCUT2D eigenvalue weighted by atomic mass is 10.2. The molecule has 1 aromatic carbocycles. The number of fused-ring (bicyclic) bond motifs is 1. The molecule has 1 N–H and O–H groups in total. The van der Waals surface area contributed by atoms with Gasteiger partial charge in [-0.05, 0) is 23.6 Å².